The van der Waals surface area contributed by atoms with E-state index in [0.717, 1.165) is 12.1 Å². The van der Waals surface area contributed by atoms with Gasteiger partial charge in [-0.1, -0.05) is 19.1 Å². The van der Waals surface area contributed by atoms with Crippen molar-refractivity contribution < 1.29 is 4.79 Å². The number of hydrogen-bond acceptors (Lipinski definition) is 4. The van der Waals surface area contributed by atoms with Crippen molar-refractivity contribution in [2.45, 2.75) is 19.8 Å². The average Bonchev–Trinajstić information content (AvgIpc) is 2.97. The summed E-state index contributed by atoms with van der Waals surface area (Å²) in [7, 11) is 0. The van der Waals surface area contributed by atoms with E-state index in [9.17, 15) is 9.59 Å². The van der Waals surface area contributed by atoms with Gasteiger partial charge in [0.2, 0.25) is 5.91 Å². The van der Waals surface area contributed by atoms with Crippen molar-refractivity contribution in [1.29, 1.82) is 0 Å². The van der Waals surface area contributed by atoms with E-state index in [-0.39, 0.29) is 17.9 Å². The molecule has 2 N–H and O–H groups in total. The van der Waals surface area contributed by atoms with Crippen molar-refractivity contribution in [1.82, 2.24) is 9.97 Å². The zero-order valence-corrected chi connectivity index (χ0v) is 12.9. The van der Waals surface area contributed by atoms with Gasteiger partial charge in [-0.15, -0.1) is 11.3 Å². The molecule has 1 amide bonds. The highest BCUT2D eigenvalue weighted by Gasteiger charge is 2.09. The molecule has 1 aromatic carbocycles. The number of nitrogens with zero attached hydrogens (tertiary/aromatic N) is 1. The molecule has 0 aliphatic carbocycles. The highest BCUT2D eigenvalue weighted by molar-refractivity contribution is 7.17. The second-order valence-corrected chi connectivity index (χ2v) is 5.84. The summed E-state index contributed by atoms with van der Waals surface area (Å²) in [5.74, 6) is 0.167. The maximum Gasteiger partial charge on any atom is 0.268 e. The first-order valence-electron chi connectivity index (χ1n) is 7.01. The van der Waals surface area contributed by atoms with Gasteiger partial charge in [-0.25, -0.2) is 4.98 Å². The van der Waals surface area contributed by atoms with Crippen molar-refractivity contribution >= 4 is 33.1 Å². The van der Waals surface area contributed by atoms with Crippen LogP contribution < -0.4 is 10.9 Å². The van der Waals surface area contributed by atoms with Crippen molar-refractivity contribution in [3.8, 4) is 0 Å². The number of benzene rings is 1. The lowest BCUT2D eigenvalue weighted by atomic mass is 10.1. The number of aromatic amines is 1. The fourth-order valence-electron chi connectivity index (χ4n) is 2.19. The molecule has 0 fully saturated rings. The molecule has 6 heteroatoms. The summed E-state index contributed by atoms with van der Waals surface area (Å²) in [5.41, 5.74) is 2.38. The third kappa shape index (κ3) is 3.07. The van der Waals surface area contributed by atoms with Crippen molar-refractivity contribution in [2.24, 2.45) is 0 Å². The standard InChI is InChI=1S/C16H15N3O2S/c1-2-10-3-5-11(6-4-10)17-14(20)9-13-18-12-7-8-22-15(12)16(21)19-13/h3-8H,2,9H2,1H3,(H,17,20)(H,18,19,21). The van der Waals surface area contributed by atoms with E-state index in [0.29, 0.717) is 16.0 Å². The lowest BCUT2D eigenvalue weighted by Crippen LogP contribution is -2.19. The first-order valence-corrected chi connectivity index (χ1v) is 7.89. The highest BCUT2D eigenvalue weighted by atomic mass is 32.1. The molecule has 0 aliphatic rings. The van der Waals surface area contributed by atoms with Crippen LogP contribution in [0.15, 0.2) is 40.5 Å². The molecule has 0 atom stereocenters. The van der Waals surface area contributed by atoms with Gasteiger partial charge in [-0.05, 0) is 35.6 Å². The third-order valence-corrected chi connectivity index (χ3v) is 4.24. The molecule has 0 aliphatic heterocycles. The minimum atomic E-state index is -0.207. The van der Waals surface area contributed by atoms with Crippen LogP contribution in [0.1, 0.15) is 18.3 Å². The number of aryl methyl sites for hydroxylation is 1. The molecule has 3 aromatic rings. The van der Waals surface area contributed by atoms with Crippen LogP contribution in [0, 0.1) is 0 Å². The Morgan fingerprint density at radius 2 is 2.05 bits per heavy atom. The van der Waals surface area contributed by atoms with Crippen LogP contribution in [0.25, 0.3) is 10.2 Å². The van der Waals surface area contributed by atoms with Gasteiger partial charge >= 0.3 is 0 Å². The van der Waals surface area contributed by atoms with Crippen LogP contribution in [0.4, 0.5) is 5.69 Å². The van der Waals surface area contributed by atoms with Crippen molar-refractivity contribution in [3.05, 3.63) is 57.5 Å². The maximum atomic E-state index is 12.1. The van der Waals surface area contributed by atoms with E-state index < -0.39 is 0 Å². The Balaban J connectivity index is 1.73. The molecule has 3 rings (SSSR count). The Morgan fingerprint density at radius 1 is 1.27 bits per heavy atom. The van der Waals surface area contributed by atoms with E-state index in [1.54, 1.807) is 6.07 Å². The first-order chi connectivity index (χ1) is 10.7. The number of aromatic nitrogens is 2. The average molecular weight is 313 g/mol. The molecule has 0 saturated heterocycles. The zero-order chi connectivity index (χ0) is 15.5. The minimum Gasteiger partial charge on any atom is -0.326 e. The number of rotatable bonds is 4. The summed E-state index contributed by atoms with van der Waals surface area (Å²) in [6, 6.07) is 9.48. The predicted molar refractivity (Wildman–Crippen MR) is 88.4 cm³/mol. The van der Waals surface area contributed by atoms with Gasteiger partial charge in [0.25, 0.3) is 5.56 Å². The van der Waals surface area contributed by atoms with E-state index in [1.807, 2.05) is 29.6 Å². The van der Waals surface area contributed by atoms with Gasteiger partial charge in [-0.3, -0.25) is 9.59 Å². The number of anilines is 1. The van der Waals surface area contributed by atoms with Gasteiger partial charge in [0.1, 0.15) is 10.5 Å². The summed E-state index contributed by atoms with van der Waals surface area (Å²) in [6.45, 7) is 2.08. The molecule has 2 aromatic heterocycles. The van der Waals surface area contributed by atoms with Crippen LogP contribution in [-0.4, -0.2) is 15.9 Å². The summed E-state index contributed by atoms with van der Waals surface area (Å²) < 4.78 is 0.583. The number of amides is 1. The molecule has 0 spiro atoms. The Bertz CT molecular complexity index is 865. The Morgan fingerprint density at radius 3 is 2.77 bits per heavy atom. The molecule has 0 saturated carbocycles. The van der Waals surface area contributed by atoms with Crippen LogP contribution in [0.5, 0.6) is 0 Å². The number of carbonyl (C=O) groups is 1. The molecule has 22 heavy (non-hydrogen) atoms. The Kier molecular flexibility index (Phi) is 4.02. The quantitative estimate of drug-likeness (QED) is 0.777. The topological polar surface area (TPSA) is 74.8 Å². The molecule has 112 valence electrons. The molecular weight excluding hydrogens is 298 g/mol. The van der Waals surface area contributed by atoms with Gasteiger partial charge in [-0.2, -0.15) is 0 Å². The van der Waals surface area contributed by atoms with Gasteiger partial charge in [0, 0.05) is 5.69 Å². The maximum absolute atomic E-state index is 12.1. The Hall–Kier alpha value is -2.47. The molecular formula is C16H15N3O2S. The van der Waals surface area contributed by atoms with Crippen molar-refractivity contribution in [2.75, 3.05) is 5.32 Å². The van der Waals surface area contributed by atoms with Gasteiger partial charge in [0.15, 0.2) is 0 Å². The predicted octanol–water partition coefficient (Wildman–Crippen LogP) is 2.73. The third-order valence-electron chi connectivity index (χ3n) is 3.34. The molecule has 0 unspecified atom stereocenters. The number of carbonyl (C=O) groups excluding carboxylic acids is 1. The Labute approximate surface area is 131 Å². The zero-order valence-electron chi connectivity index (χ0n) is 12.1. The fraction of sp³-hybridized carbons (Fsp3) is 0.188. The largest absolute Gasteiger partial charge is 0.326 e. The first kappa shape index (κ1) is 14.5. The summed E-state index contributed by atoms with van der Waals surface area (Å²) in [6.07, 6.45) is 0.997. The number of thiophene rings is 1. The molecule has 0 bridgehead atoms. The van der Waals surface area contributed by atoms with Crippen LogP contribution in [0.3, 0.4) is 0 Å². The van der Waals surface area contributed by atoms with Crippen LogP contribution in [0.2, 0.25) is 0 Å². The minimum absolute atomic E-state index is 0.0382. The monoisotopic (exact) mass is 313 g/mol. The molecule has 2 heterocycles. The van der Waals surface area contributed by atoms with E-state index in [1.165, 1.54) is 16.9 Å². The summed E-state index contributed by atoms with van der Waals surface area (Å²) >= 11 is 1.34. The fourth-order valence-corrected chi connectivity index (χ4v) is 2.91. The van der Waals surface area contributed by atoms with Gasteiger partial charge < -0.3 is 10.3 Å². The molecule has 0 radical (unpaired) electrons. The lowest BCUT2D eigenvalue weighted by molar-refractivity contribution is -0.115. The van der Waals surface area contributed by atoms with E-state index >= 15 is 0 Å². The highest BCUT2D eigenvalue weighted by Crippen LogP contribution is 2.14. The van der Waals surface area contributed by atoms with E-state index in [2.05, 4.69) is 22.2 Å². The summed E-state index contributed by atoms with van der Waals surface area (Å²) in [5, 5.41) is 4.62. The molecule has 5 nitrogen and oxygen atoms in total. The number of nitrogens with one attached hydrogen (secondary N) is 2. The van der Waals surface area contributed by atoms with Gasteiger partial charge in [0.05, 0.1) is 11.9 Å². The number of fused-ring (bicyclic) bond motifs is 1. The SMILES string of the molecule is CCc1ccc(NC(=O)Cc2nc3ccsc3c(=O)[nH]2)cc1. The number of hydrogen-bond donors (Lipinski definition) is 2. The normalized spacial score (nSPS) is 10.8. The van der Waals surface area contributed by atoms with Crippen LogP contribution in [-0.2, 0) is 17.6 Å². The number of H-pyrrole nitrogens is 1. The smallest absolute Gasteiger partial charge is 0.268 e. The summed E-state index contributed by atoms with van der Waals surface area (Å²) in [4.78, 5) is 30.9. The van der Waals surface area contributed by atoms with Crippen molar-refractivity contribution in [3.63, 3.8) is 0 Å². The second kappa shape index (κ2) is 6.11. The van der Waals surface area contributed by atoms with Crippen LogP contribution >= 0.6 is 11.3 Å². The lowest BCUT2D eigenvalue weighted by Gasteiger charge is -2.06. The van der Waals surface area contributed by atoms with E-state index in [4.69, 9.17) is 0 Å². The second-order valence-electron chi connectivity index (χ2n) is 4.92.